The van der Waals surface area contributed by atoms with E-state index in [1.807, 2.05) is 43.3 Å². The molecule has 2 aliphatic heterocycles. The summed E-state index contributed by atoms with van der Waals surface area (Å²) in [6, 6.07) is 13.1. The molecule has 5 heteroatoms. The topological polar surface area (TPSA) is 57.5 Å². The number of carbonyl (C=O) groups excluding carboxylic acids is 1. The van der Waals surface area contributed by atoms with Crippen LogP contribution in [0, 0.1) is 6.92 Å². The van der Waals surface area contributed by atoms with E-state index in [4.69, 9.17) is 4.42 Å². The predicted molar refractivity (Wildman–Crippen MR) is 97.4 cm³/mol. The van der Waals surface area contributed by atoms with E-state index >= 15 is 0 Å². The summed E-state index contributed by atoms with van der Waals surface area (Å²) in [5.41, 5.74) is 1.98. The number of amides is 2. The Morgan fingerprint density at radius 2 is 2.00 bits per heavy atom. The first kappa shape index (κ1) is 16.2. The van der Waals surface area contributed by atoms with Crippen molar-refractivity contribution in [3.63, 3.8) is 0 Å². The number of piperidine rings is 1. The lowest BCUT2D eigenvalue weighted by Crippen LogP contribution is -2.50. The van der Waals surface area contributed by atoms with Crippen LogP contribution in [0.15, 0.2) is 47.1 Å². The Kier molecular flexibility index (Phi) is 4.49. The molecule has 0 aliphatic carbocycles. The van der Waals surface area contributed by atoms with Gasteiger partial charge in [0.15, 0.2) is 0 Å². The third-order valence-electron chi connectivity index (χ3n) is 5.41. The van der Waals surface area contributed by atoms with Crippen LogP contribution in [0.25, 0.3) is 0 Å². The highest BCUT2D eigenvalue weighted by Gasteiger charge is 2.41. The lowest BCUT2D eigenvalue weighted by atomic mass is 9.97. The fourth-order valence-electron chi connectivity index (χ4n) is 4.31. The normalized spacial score (nSPS) is 25.7. The number of furan rings is 1. The second kappa shape index (κ2) is 6.92. The number of rotatable bonds is 4. The number of fused-ring (bicyclic) bond motifs is 2. The van der Waals surface area contributed by atoms with E-state index in [0.717, 1.165) is 36.4 Å². The molecule has 2 bridgehead atoms. The van der Waals surface area contributed by atoms with E-state index in [1.54, 1.807) is 6.26 Å². The van der Waals surface area contributed by atoms with E-state index in [1.165, 1.54) is 12.8 Å². The zero-order valence-corrected chi connectivity index (χ0v) is 14.6. The van der Waals surface area contributed by atoms with Crippen LogP contribution in [-0.2, 0) is 6.54 Å². The molecule has 0 spiro atoms. The van der Waals surface area contributed by atoms with Crippen molar-refractivity contribution in [2.45, 2.75) is 57.3 Å². The SMILES string of the molecule is Cc1cccc(NC(=O)NC2C[C@H]3CC[C@H](C2)N3Cc2ccco2)c1. The zero-order chi connectivity index (χ0) is 17.2. The first-order valence-electron chi connectivity index (χ1n) is 9.10. The summed E-state index contributed by atoms with van der Waals surface area (Å²) in [6.07, 6.45) is 6.18. The van der Waals surface area contributed by atoms with Gasteiger partial charge in [0, 0.05) is 23.8 Å². The lowest BCUT2D eigenvalue weighted by molar-refractivity contribution is 0.104. The Morgan fingerprint density at radius 3 is 2.68 bits per heavy atom. The molecule has 1 aromatic carbocycles. The van der Waals surface area contributed by atoms with Gasteiger partial charge in [-0.3, -0.25) is 4.90 Å². The van der Waals surface area contributed by atoms with Crippen LogP contribution in [0.4, 0.5) is 10.5 Å². The van der Waals surface area contributed by atoms with Gasteiger partial charge in [-0.15, -0.1) is 0 Å². The Hall–Kier alpha value is -2.27. The summed E-state index contributed by atoms with van der Waals surface area (Å²) in [5.74, 6) is 1.03. The summed E-state index contributed by atoms with van der Waals surface area (Å²) in [6.45, 7) is 2.90. The van der Waals surface area contributed by atoms with Gasteiger partial charge in [-0.05, 0) is 62.4 Å². The number of nitrogens with one attached hydrogen (secondary N) is 2. The first-order chi connectivity index (χ1) is 12.2. The Bertz CT molecular complexity index is 714. The van der Waals surface area contributed by atoms with Crippen molar-refractivity contribution < 1.29 is 9.21 Å². The first-order valence-corrected chi connectivity index (χ1v) is 9.10. The molecule has 4 rings (SSSR count). The van der Waals surface area contributed by atoms with Gasteiger partial charge in [-0.1, -0.05) is 12.1 Å². The minimum atomic E-state index is -0.102. The number of anilines is 1. The molecule has 1 aromatic heterocycles. The Morgan fingerprint density at radius 1 is 1.20 bits per heavy atom. The number of nitrogens with zero attached hydrogens (tertiary/aromatic N) is 1. The van der Waals surface area contributed by atoms with Crippen LogP contribution >= 0.6 is 0 Å². The van der Waals surface area contributed by atoms with Crippen molar-refractivity contribution >= 4 is 11.7 Å². The molecule has 2 amide bonds. The van der Waals surface area contributed by atoms with E-state index < -0.39 is 0 Å². The molecule has 0 unspecified atom stereocenters. The molecule has 2 aromatic rings. The quantitative estimate of drug-likeness (QED) is 0.888. The van der Waals surface area contributed by atoms with Gasteiger partial charge in [0.1, 0.15) is 5.76 Å². The monoisotopic (exact) mass is 339 g/mol. The maximum absolute atomic E-state index is 12.3. The number of aryl methyl sites for hydroxylation is 1. The van der Waals surface area contributed by atoms with E-state index in [9.17, 15) is 4.79 Å². The molecular weight excluding hydrogens is 314 g/mol. The minimum Gasteiger partial charge on any atom is -0.468 e. The highest BCUT2D eigenvalue weighted by molar-refractivity contribution is 5.89. The highest BCUT2D eigenvalue weighted by Crippen LogP contribution is 2.36. The van der Waals surface area contributed by atoms with E-state index in [2.05, 4.69) is 15.5 Å². The molecule has 2 fully saturated rings. The van der Waals surface area contributed by atoms with Crippen LogP contribution in [0.3, 0.4) is 0 Å². The molecule has 5 nitrogen and oxygen atoms in total. The average Bonchev–Trinajstić information content (AvgIpc) is 3.15. The summed E-state index contributed by atoms with van der Waals surface area (Å²) >= 11 is 0. The van der Waals surface area contributed by atoms with Crippen molar-refractivity contribution in [3.8, 4) is 0 Å². The number of carbonyl (C=O) groups is 1. The van der Waals surface area contributed by atoms with Crippen molar-refractivity contribution in [2.75, 3.05) is 5.32 Å². The summed E-state index contributed by atoms with van der Waals surface area (Å²) in [7, 11) is 0. The summed E-state index contributed by atoms with van der Waals surface area (Å²) < 4.78 is 5.51. The summed E-state index contributed by atoms with van der Waals surface area (Å²) in [5, 5.41) is 6.12. The molecule has 132 valence electrons. The second-order valence-electron chi connectivity index (χ2n) is 7.27. The van der Waals surface area contributed by atoms with Gasteiger partial charge >= 0.3 is 6.03 Å². The van der Waals surface area contributed by atoms with Gasteiger partial charge in [-0.25, -0.2) is 4.79 Å². The average molecular weight is 339 g/mol. The molecule has 0 radical (unpaired) electrons. The molecular formula is C20H25N3O2. The van der Waals surface area contributed by atoms with Gasteiger partial charge < -0.3 is 15.1 Å². The summed E-state index contributed by atoms with van der Waals surface area (Å²) in [4.78, 5) is 14.9. The molecule has 25 heavy (non-hydrogen) atoms. The van der Waals surface area contributed by atoms with Gasteiger partial charge in [0.2, 0.25) is 0 Å². The predicted octanol–water partition coefficient (Wildman–Crippen LogP) is 3.91. The van der Waals surface area contributed by atoms with E-state index in [0.29, 0.717) is 12.1 Å². The number of hydrogen-bond donors (Lipinski definition) is 2. The second-order valence-corrected chi connectivity index (χ2v) is 7.27. The maximum atomic E-state index is 12.3. The van der Waals surface area contributed by atoms with Crippen molar-refractivity contribution in [2.24, 2.45) is 0 Å². The van der Waals surface area contributed by atoms with Crippen molar-refractivity contribution in [1.29, 1.82) is 0 Å². The maximum Gasteiger partial charge on any atom is 0.319 e. The van der Waals surface area contributed by atoms with Crippen LogP contribution in [-0.4, -0.2) is 29.1 Å². The lowest BCUT2D eigenvalue weighted by Gasteiger charge is -2.38. The van der Waals surface area contributed by atoms with Gasteiger partial charge in [0.05, 0.1) is 12.8 Å². The fraction of sp³-hybridized carbons (Fsp3) is 0.450. The number of benzene rings is 1. The Labute approximate surface area is 148 Å². The van der Waals surface area contributed by atoms with Crippen LogP contribution in [0.2, 0.25) is 0 Å². The minimum absolute atomic E-state index is 0.102. The van der Waals surface area contributed by atoms with Gasteiger partial charge in [0.25, 0.3) is 0 Å². The molecule has 2 saturated heterocycles. The number of urea groups is 1. The largest absolute Gasteiger partial charge is 0.468 e. The van der Waals surface area contributed by atoms with Gasteiger partial charge in [-0.2, -0.15) is 0 Å². The van der Waals surface area contributed by atoms with Crippen LogP contribution in [0.1, 0.15) is 37.0 Å². The molecule has 3 heterocycles. The number of hydrogen-bond acceptors (Lipinski definition) is 3. The van der Waals surface area contributed by atoms with Crippen molar-refractivity contribution in [3.05, 3.63) is 54.0 Å². The standard InChI is InChI=1S/C20H25N3O2/c1-14-4-2-5-15(10-14)21-20(24)22-16-11-17-7-8-18(12-16)23(17)13-19-6-3-9-25-19/h2-6,9-10,16-18H,7-8,11-13H2,1H3,(H2,21,22,24)/t17-,18-/m1/s1. The molecule has 2 N–H and O–H groups in total. The van der Waals surface area contributed by atoms with E-state index in [-0.39, 0.29) is 12.1 Å². The van der Waals surface area contributed by atoms with Crippen LogP contribution in [0.5, 0.6) is 0 Å². The fourth-order valence-corrected chi connectivity index (χ4v) is 4.31. The smallest absolute Gasteiger partial charge is 0.319 e. The third kappa shape index (κ3) is 3.71. The zero-order valence-electron chi connectivity index (χ0n) is 14.6. The molecule has 0 saturated carbocycles. The molecule has 2 aliphatic rings. The third-order valence-corrected chi connectivity index (χ3v) is 5.41. The van der Waals surface area contributed by atoms with Crippen molar-refractivity contribution in [1.82, 2.24) is 10.2 Å². The molecule has 2 atom stereocenters. The van der Waals surface area contributed by atoms with Crippen LogP contribution < -0.4 is 10.6 Å². The Balaban J connectivity index is 1.32. The highest BCUT2D eigenvalue weighted by atomic mass is 16.3.